The Bertz CT molecular complexity index is 235. The van der Waals surface area contributed by atoms with Crippen LogP contribution in [0.1, 0.15) is 39.0 Å². The van der Waals surface area contributed by atoms with Crippen molar-refractivity contribution < 1.29 is 4.79 Å². The third-order valence-corrected chi connectivity index (χ3v) is 4.33. The lowest BCUT2D eigenvalue weighted by atomic mass is 9.98. The Balaban J connectivity index is 2.40. The summed E-state index contributed by atoms with van der Waals surface area (Å²) < 4.78 is 0. The van der Waals surface area contributed by atoms with Gasteiger partial charge in [-0.2, -0.15) is 11.8 Å². The average molecular weight is 258 g/mol. The summed E-state index contributed by atoms with van der Waals surface area (Å²) in [6.07, 6.45) is 7.64. The largest absolute Gasteiger partial charge is 0.341 e. The molecule has 0 aromatic rings. The van der Waals surface area contributed by atoms with Crippen LogP contribution in [0.15, 0.2) is 0 Å². The molecule has 4 heteroatoms. The molecule has 100 valence electrons. The van der Waals surface area contributed by atoms with Gasteiger partial charge in [0.25, 0.3) is 0 Å². The van der Waals surface area contributed by atoms with E-state index in [1.54, 1.807) is 11.8 Å². The molecule has 17 heavy (non-hydrogen) atoms. The van der Waals surface area contributed by atoms with E-state index < -0.39 is 0 Å². The van der Waals surface area contributed by atoms with Crippen LogP contribution in [0.3, 0.4) is 0 Å². The van der Waals surface area contributed by atoms with Crippen LogP contribution in [0.5, 0.6) is 0 Å². The third kappa shape index (κ3) is 4.88. The highest BCUT2D eigenvalue weighted by molar-refractivity contribution is 7.98. The van der Waals surface area contributed by atoms with Gasteiger partial charge in [-0.15, -0.1) is 0 Å². The molecule has 3 nitrogen and oxygen atoms in total. The molecule has 1 saturated heterocycles. The van der Waals surface area contributed by atoms with Gasteiger partial charge in [-0.3, -0.25) is 4.79 Å². The second kappa shape index (κ2) is 7.98. The highest BCUT2D eigenvalue weighted by Crippen LogP contribution is 2.20. The van der Waals surface area contributed by atoms with Gasteiger partial charge in [0.15, 0.2) is 0 Å². The number of amides is 1. The van der Waals surface area contributed by atoms with E-state index in [4.69, 9.17) is 5.73 Å². The van der Waals surface area contributed by atoms with Crippen molar-refractivity contribution in [2.75, 3.05) is 25.1 Å². The van der Waals surface area contributed by atoms with Crippen LogP contribution in [0, 0.1) is 5.92 Å². The quantitative estimate of drug-likeness (QED) is 0.821. The first-order valence-electron chi connectivity index (χ1n) is 6.72. The molecular weight excluding hydrogens is 232 g/mol. The lowest BCUT2D eigenvalue weighted by Crippen LogP contribution is -2.44. The van der Waals surface area contributed by atoms with Crippen molar-refractivity contribution in [2.45, 2.75) is 45.1 Å². The van der Waals surface area contributed by atoms with E-state index in [0.29, 0.717) is 0 Å². The highest BCUT2D eigenvalue weighted by atomic mass is 32.2. The van der Waals surface area contributed by atoms with Crippen molar-refractivity contribution >= 4 is 17.7 Å². The fourth-order valence-corrected chi connectivity index (χ4v) is 2.89. The number of thioether (sulfide) groups is 1. The molecule has 0 aliphatic carbocycles. The summed E-state index contributed by atoms with van der Waals surface area (Å²) >= 11 is 1.75. The summed E-state index contributed by atoms with van der Waals surface area (Å²) in [4.78, 5) is 14.1. The number of carbonyl (C=O) groups is 1. The lowest BCUT2D eigenvalue weighted by molar-refractivity contribution is -0.132. The Morgan fingerprint density at radius 2 is 2.24 bits per heavy atom. The van der Waals surface area contributed by atoms with E-state index in [1.165, 1.54) is 12.8 Å². The topological polar surface area (TPSA) is 46.3 Å². The molecule has 2 N–H and O–H groups in total. The van der Waals surface area contributed by atoms with Gasteiger partial charge in [0, 0.05) is 13.1 Å². The van der Waals surface area contributed by atoms with Gasteiger partial charge in [-0.25, -0.2) is 0 Å². The molecule has 1 fully saturated rings. The van der Waals surface area contributed by atoms with E-state index in [9.17, 15) is 4.79 Å². The van der Waals surface area contributed by atoms with Crippen LogP contribution in [0.25, 0.3) is 0 Å². The monoisotopic (exact) mass is 258 g/mol. The molecule has 2 atom stereocenters. The van der Waals surface area contributed by atoms with E-state index >= 15 is 0 Å². The molecule has 1 unspecified atom stereocenters. The molecule has 1 rings (SSSR count). The predicted octanol–water partition coefficient (Wildman–Crippen LogP) is 2.11. The molecule has 0 bridgehead atoms. The van der Waals surface area contributed by atoms with Crippen LogP contribution in [0.2, 0.25) is 0 Å². The number of likely N-dealkylation sites (tertiary alicyclic amines) is 1. The first-order chi connectivity index (χ1) is 8.19. The van der Waals surface area contributed by atoms with E-state index in [1.807, 2.05) is 4.90 Å². The van der Waals surface area contributed by atoms with E-state index in [2.05, 4.69) is 13.2 Å². The van der Waals surface area contributed by atoms with E-state index in [-0.39, 0.29) is 11.9 Å². The zero-order valence-electron chi connectivity index (χ0n) is 11.2. The molecule has 1 heterocycles. The summed E-state index contributed by atoms with van der Waals surface area (Å²) in [5.41, 5.74) is 5.95. The Labute approximate surface area is 109 Å². The predicted molar refractivity (Wildman–Crippen MR) is 75.2 cm³/mol. The standard InChI is InChI=1S/C13H26N2OS/c1-3-11-5-4-8-15(9-6-11)13(16)12(14)7-10-17-2/h11-12H,3-10,14H2,1-2H3/t11?,12-/m0/s1. The number of rotatable bonds is 5. The molecule has 1 aliphatic heterocycles. The SMILES string of the molecule is CCC1CCCN(C(=O)[C@@H](N)CCSC)CC1. The average Bonchev–Trinajstić information content (AvgIpc) is 2.60. The van der Waals surface area contributed by atoms with Crippen molar-refractivity contribution in [3.8, 4) is 0 Å². The Morgan fingerprint density at radius 3 is 2.88 bits per heavy atom. The minimum atomic E-state index is -0.291. The van der Waals surface area contributed by atoms with Gasteiger partial charge in [0.2, 0.25) is 5.91 Å². The van der Waals surface area contributed by atoms with Crippen molar-refractivity contribution in [1.82, 2.24) is 4.90 Å². The van der Waals surface area contributed by atoms with Crippen molar-refractivity contribution in [3.05, 3.63) is 0 Å². The maximum Gasteiger partial charge on any atom is 0.239 e. The van der Waals surface area contributed by atoms with Crippen LogP contribution in [-0.2, 0) is 4.79 Å². The van der Waals surface area contributed by atoms with Gasteiger partial charge in [0.1, 0.15) is 0 Å². The molecule has 0 spiro atoms. The van der Waals surface area contributed by atoms with Crippen LogP contribution >= 0.6 is 11.8 Å². The molecule has 0 aromatic heterocycles. The van der Waals surface area contributed by atoms with Crippen molar-refractivity contribution in [1.29, 1.82) is 0 Å². The maximum atomic E-state index is 12.1. The summed E-state index contributed by atoms with van der Waals surface area (Å²) in [7, 11) is 0. The number of hydrogen-bond acceptors (Lipinski definition) is 3. The van der Waals surface area contributed by atoms with Gasteiger partial charge in [-0.05, 0) is 43.6 Å². The smallest absolute Gasteiger partial charge is 0.239 e. The number of hydrogen-bond donors (Lipinski definition) is 1. The Kier molecular flexibility index (Phi) is 6.97. The summed E-state index contributed by atoms with van der Waals surface area (Å²) in [5, 5.41) is 0. The fourth-order valence-electron chi connectivity index (χ4n) is 2.40. The first-order valence-corrected chi connectivity index (χ1v) is 8.11. The van der Waals surface area contributed by atoms with Crippen molar-refractivity contribution in [3.63, 3.8) is 0 Å². The number of nitrogens with two attached hydrogens (primary N) is 1. The zero-order chi connectivity index (χ0) is 12.7. The zero-order valence-corrected chi connectivity index (χ0v) is 12.0. The summed E-state index contributed by atoms with van der Waals surface area (Å²) in [6, 6.07) is -0.291. The molecule has 0 aromatic carbocycles. The molecular formula is C13H26N2OS. The van der Waals surface area contributed by atoms with Gasteiger partial charge < -0.3 is 10.6 Å². The third-order valence-electron chi connectivity index (χ3n) is 3.69. The minimum Gasteiger partial charge on any atom is -0.341 e. The molecule has 0 saturated carbocycles. The fraction of sp³-hybridized carbons (Fsp3) is 0.923. The van der Waals surface area contributed by atoms with E-state index in [0.717, 1.165) is 44.0 Å². The maximum absolute atomic E-state index is 12.1. The normalized spacial score (nSPS) is 23.2. The Hall–Kier alpha value is -0.220. The van der Waals surface area contributed by atoms with Crippen LogP contribution in [-0.4, -0.2) is 41.9 Å². The second-order valence-corrected chi connectivity index (χ2v) is 5.90. The summed E-state index contributed by atoms with van der Waals surface area (Å²) in [5.74, 6) is 1.93. The Morgan fingerprint density at radius 1 is 1.47 bits per heavy atom. The first kappa shape index (κ1) is 14.8. The highest BCUT2D eigenvalue weighted by Gasteiger charge is 2.23. The second-order valence-electron chi connectivity index (χ2n) is 4.92. The summed E-state index contributed by atoms with van der Waals surface area (Å²) in [6.45, 7) is 4.05. The molecule has 1 aliphatic rings. The minimum absolute atomic E-state index is 0.163. The van der Waals surface area contributed by atoms with Gasteiger partial charge >= 0.3 is 0 Å². The van der Waals surface area contributed by atoms with Crippen molar-refractivity contribution in [2.24, 2.45) is 11.7 Å². The number of carbonyl (C=O) groups excluding carboxylic acids is 1. The number of nitrogens with zero attached hydrogens (tertiary/aromatic N) is 1. The van der Waals surface area contributed by atoms with Gasteiger partial charge in [-0.1, -0.05) is 13.3 Å². The lowest BCUT2D eigenvalue weighted by Gasteiger charge is -2.24. The molecule has 0 radical (unpaired) electrons. The van der Waals surface area contributed by atoms with Crippen LogP contribution < -0.4 is 5.73 Å². The van der Waals surface area contributed by atoms with Gasteiger partial charge in [0.05, 0.1) is 6.04 Å². The molecule has 1 amide bonds. The van der Waals surface area contributed by atoms with Crippen LogP contribution in [0.4, 0.5) is 0 Å².